The zero-order valence-corrected chi connectivity index (χ0v) is 20.8. The Kier molecular flexibility index (Phi) is 7.67. The van der Waals surface area contributed by atoms with Gasteiger partial charge >= 0.3 is 0 Å². The first-order valence-corrected chi connectivity index (χ1v) is 14.1. The molecule has 0 fully saturated rings. The van der Waals surface area contributed by atoms with Crippen LogP contribution >= 0.6 is 11.8 Å². The van der Waals surface area contributed by atoms with E-state index in [0.29, 0.717) is 4.90 Å². The van der Waals surface area contributed by atoms with Crippen LogP contribution in [-0.2, 0) is 29.7 Å². The molecule has 0 amide bonds. The van der Waals surface area contributed by atoms with Gasteiger partial charge in [-0.25, -0.2) is 8.42 Å². The highest BCUT2D eigenvalue weighted by molar-refractivity contribution is 7.99. The van der Waals surface area contributed by atoms with E-state index in [1.807, 2.05) is 48.0 Å². The molecule has 0 bridgehead atoms. The van der Waals surface area contributed by atoms with Crippen molar-refractivity contribution in [1.82, 2.24) is 19.7 Å². The van der Waals surface area contributed by atoms with Crippen LogP contribution in [0.5, 0.6) is 0 Å². The van der Waals surface area contributed by atoms with Crippen LogP contribution in [0.2, 0.25) is 0 Å². The average molecular weight is 483 g/mol. The predicted octanol–water partition coefficient (Wildman–Crippen LogP) is 3.97. The first-order chi connectivity index (χ1) is 15.9. The number of nitrogens with zero attached hydrogens (tertiary/aromatic N) is 4. The highest BCUT2D eigenvalue weighted by atomic mass is 32.2. The third-order valence-corrected chi connectivity index (χ3v) is 8.16. The molecule has 2 aromatic carbocycles. The molecule has 0 saturated carbocycles. The first-order valence-electron chi connectivity index (χ1n) is 11.2. The third-order valence-electron chi connectivity index (χ3n) is 5.94. The molecule has 2 heterocycles. The second kappa shape index (κ2) is 10.7. The zero-order valence-electron chi connectivity index (χ0n) is 19.1. The van der Waals surface area contributed by atoms with Crippen molar-refractivity contribution in [3.8, 4) is 0 Å². The zero-order chi connectivity index (χ0) is 23.3. The standard InChI is InChI=1S/C25H30N4O2S2/c1-28-24(12-9-20-7-4-3-5-8-20)26-27-25(28)32-18-6-15-29-16-13-21-10-11-23(33(2,30)31)19-22(21)14-17-29/h3-5,7-12,19H,6,13-18H2,1-2H3/b12-9+. The van der Waals surface area contributed by atoms with Crippen molar-refractivity contribution in [1.29, 1.82) is 0 Å². The molecule has 33 heavy (non-hydrogen) atoms. The summed E-state index contributed by atoms with van der Waals surface area (Å²) >= 11 is 1.74. The van der Waals surface area contributed by atoms with Crippen molar-refractivity contribution in [3.63, 3.8) is 0 Å². The fourth-order valence-electron chi connectivity index (χ4n) is 3.99. The normalized spacial score (nSPS) is 15.0. The molecule has 0 N–H and O–H groups in total. The number of hydrogen-bond acceptors (Lipinski definition) is 6. The van der Waals surface area contributed by atoms with Crippen molar-refractivity contribution in [2.75, 3.05) is 31.6 Å². The first kappa shape index (κ1) is 23.7. The van der Waals surface area contributed by atoms with Gasteiger partial charge in [0.05, 0.1) is 4.90 Å². The summed E-state index contributed by atoms with van der Waals surface area (Å²) in [5, 5.41) is 9.59. The van der Waals surface area contributed by atoms with Gasteiger partial charge in [0, 0.05) is 32.1 Å². The van der Waals surface area contributed by atoms with Gasteiger partial charge in [-0.3, -0.25) is 0 Å². The fourth-order valence-corrected chi connectivity index (χ4v) is 5.50. The van der Waals surface area contributed by atoms with E-state index in [1.165, 1.54) is 17.4 Å². The van der Waals surface area contributed by atoms with E-state index in [-0.39, 0.29) is 0 Å². The van der Waals surface area contributed by atoms with E-state index in [9.17, 15) is 8.42 Å². The van der Waals surface area contributed by atoms with Crippen LogP contribution in [0.3, 0.4) is 0 Å². The minimum absolute atomic E-state index is 0.424. The SMILES string of the molecule is Cn1c(/C=C/c2ccccc2)nnc1SCCCN1CCc2ccc(S(C)(=O)=O)cc2CC1. The lowest BCUT2D eigenvalue weighted by Gasteiger charge is -2.19. The number of thioether (sulfide) groups is 1. The molecular weight excluding hydrogens is 452 g/mol. The Morgan fingerprint density at radius 3 is 2.52 bits per heavy atom. The largest absolute Gasteiger partial charge is 0.306 e. The monoisotopic (exact) mass is 482 g/mol. The van der Waals surface area contributed by atoms with Crippen LogP contribution in [-0.4, -0.2) is 59.7 Å². The molecule has 0 saturated heterocycles. The Balaban J connectivity index is 1.25. The molecule has 1 aromatic heterocycles. The Hall–Kier alpha value is -2.42. The number of benzene rings is 2. The van der Waals surface area contributed by atoms with Crippen molar-refractivity contribution in [3.05, 3.63) is 71.0 Å². The van der Waals surface area contributed by atoms with Crippen LogP contribution < -0.4 is 0 Å². The Bertz CT molecular complexity index is 1220. The van der Waals surface area contributed by atoms with Gasteiger partial charge < -0.3 is 9.47 Å². The molecule has 174 valence electrons. The number of hydrogen-bond donors (Lipinski definition) is 0. The second-order valence-corrected chi connectivity index (χ2v) is 11.5. The summed E-state index contributed by atoms with van der Waals surface area (Å²) in [6.07, 6.45) is 8.25. The highest BCUT2D eigenvalue weighted by Gasteiger charge is 2.16. The van der Waals surface area contributed by atoms with Crippen LogP contribution in [0.4, 0.5) is 0 Å². The summed E-state index contributed by atoms with van der Waals surface area (Å²) in [5.74, 6) is 1.83. The summed E-state index contributed by atoms with van der Waals surface area (Å²) in [6, 6.07) is 15.8. The second-order valence-electron chi connectivity index (χ2n) is 8.39. The average Bonchev–Trinajstić information content (AvgIpc) is 3.02. The number of rotatable bonds is 8. The van der Waals surface area contributed by atoms with Crippen LogP contribution in [0.25, 0.3) is 12.2 Å². The molecule has 1 aliphatic heterocycles. The molecule has 0 atom stereocenters. The van der Waals surface area contributed by atoms with E-state index in [4.69, 9.17) is 0 Å². The van der Waals surface area contributed by atoms with Gasteiger partial charge in [0.1, 0.15) is 0 Å². The maximum atomic E-state index is 11.9. The maximum Gasteiger partial charge on any atom is 0.191 e. The maximum absolute atomic E-state index is 11.9. The molecule has 0 unspecified atom stereocenters. The van der Waals surface area contributed by atoms with E-state index >= 15 is 0 Å². The van der Waals surface area contributed by atoms with Crippen molar-refractivity contribution in [2.45, 2.75) is 29.3 Å². The van der Waals surface area contributed by atoms with Gasteiger partial charge in [0.2, 0.25) is 0 Å². The minimum atomic E-state index is -3.16. The Morgan fingerprint density at radius 1 is 1.00 bits per heavy atom. The van der Waals surface area contributed by atoms with E-state index in [1.54, 1.807) is 17.8 Å². The molecule has 8 heteroatoms. The van der Waals surface area contributed by atoms with Crippen LogP contribution in [0.15, 0.2) is 58.6 Å². The predicted molar refractivity (Wildman–Crippen MR) is 135 cm³/mol. The van der Waals surface area contributed by atoms with Crippen molar-refractivity contribution < 1.29 is 8.42 Å². The molecule has 6 nitrogen and oxygen atoms in total. The molecule has 0 radical (unpaired) electrons. The van der Waals surface area contributed by atoms with E-state index in [2.05, 4.69) is 33.3 Å². The van der Waals surface area contributed by atoms with Gasteiger partial charge in [-0.15, -0.1) is 10.2 Å². The van der Waals surface area contributed by atoms with E-state index < -0.39 is 9.84 Å². The van der Waals surface area contributed by atoms with Gasteiger partial charge in [-0.1, -0.05) is 54.2 Å². The Morgan fingerprint density at radius 2 is 1.76 bits per heavy atom. The number of fused-ring (bicyclic) bond motifs is 1. The molecular formula is C25H30N4O2S2. The summed E-state index contributed by atoms with van der Waals surface area (Å²) in [5.41, 5.74) is 3.58. The van der Waals surface area contributed by atoms with Crippen molar-refractivity contribution in [2.24, 2.45) is 7.05 Å². The van der Waals surface area contributed by atoms with Gasteiger partial charge in [0.25, 0.3) is 0 Å². The molecule has 1 aliphatic rings. The summed E-state index contributed by atoms with van der Waals surface area (Å²) in [4.78, 5) is 2.90. The van der Waals surface area contributed by atoms with Crippen LogP contribution in [0, 0.1) is 0 Å². The van der Waals surface area contributed by atoms with Crippen molar-refractivity contribution >= 4 is 33.8 Å². The smallest absolute Gasteiger partial charge is 0.191 e. The summed E-state index contributed by atoms with van der Waals surface area (Å²) in [7, 11) is -1.16. The minimum Gasteiger partial charge on any atom is -0.306 e. The van der Waals surface area contributed by atoms with Gasteiger partial charge in [0.15, 0.2) is 20.8 Å². The number of sulfone groups is 1. The topological polar surface area (TPSA) is 68.1 Å². The van der Waals surface area contributed by atoms with E-state index in [0.717, 1.165) is 61.2 Å². The molecule has 0 spiro atoms. The number of aromatic nitrogens is 3. The lowest BCUT2D eigenvalue weighted by Crippen LogP contribution is -2.27. The summed E-state index contributed by atoms with van der Waals surface area (Å²) < 4.78 is 25.8. The summed E-state index contributed by atoms with van der Waals surface area (Å²) in [6.45, 7) is 3.00. The molecule has 3 aromatic rings. The van der Waals surface area contributed by atoms with Crippen LogP contribution in [0.1, 0.15) is 28.9 Å². The third kappa shape index (κ3) is 6.34. The molecule has 4 rings (SSSR count). The van der Waals surface area contributed by atoms with Gasteiger partial charge in [-0.05, 0) is 60.7 Å². The van der Waals surface area contributed by atoms with Gasteiger partial charge in [-0.2, -0.15) is 0 Å². The quantitative estimate of drug-likeness (QED) is 0.357. The lowest BCUT2D eigenvalue weighted by molar-refractivity contribution is 0.289. The molecule has 0 aliphatic carbocycles. The highest BCUT2D eigenvalue weighted by Crippen LogP contribution is 2.22. The fraction of sp³-hybridized carbons (Fsp3) is 0.360. The Labute approximate surface area is 200 Å². The lowest BCUT2D eigenvalue weighted by atomic mass is 10.0.